The number of aromatic nitrogens is 1. The van der Waals surface area contributed by atoms with Crippen molar-refractivity contribution < 1.29 is 39.5 Å². The van der Waals surface area contributed by atoms with Gasteiger partial charge in [-0.25, -0.2) is 4.79 Å². The van der Waals surface area contributed by atoms with E-state index in [9.17, 15) is 14.4 Å². The highest BCUT2D eigenvalue weighted by Crippen LogP contribution is 2.51. The van der Waals surface area contributed by atoms with Crippen molar-refractivity contribution in [3.05, 3.63) is 63.9 Å². The smallest absolute Gasteiger partial charge is 0.336 e. The first-order valence-electron chi connectivity index (χ1n) is 11.9. The van der Waals surface area contributed by atoms with Crippen LogP contribution in [0.2, 0.25) is 10.0 Å². The lowest BCUT2D eigenvalue weighted by Crippen LogP contribution is -2.42. The van der Waals surface area contributed by atoms with E-state index in [0.29, 0.717) is 5.02 Å². The minimum absolute atomic E-state index is 0.142. The lowest BCUT2D eigenvalue weighted by molar-refractivity contribution is -0.170. The average molecular weight is 571 g/mol. The quantitative estimate of drug-likeness (QED) is 0.247. The lowest BCUT2D eigenvalue weighted by Gasteiger charge is -2.28. The topological polar surface area (TPSA) is 157 Å². The van der Waals surface area contributed by atoms with Crippen molar-refractivity contribution in [2.24, 2.45) is 0 Å². The largest absolute Gasteiger partial charge is 0.481 e. The molecular weight excluding hydrogens is 539 g/mol. The molecule has 2 aromatic rings. The fraction of sp³-hybridized carbons (Fsp3) is 0.462. The van der Waals surface area contributed by atoms with Crippen LogP contribution in [0.5, 0.6) is 0 Å². The summed E-state index contributed by atoms with van der Waals surface area (Å²) < 4.78 is 5.23. The molecule has 0 spiro atoms. The molecule has 1 aliphatic carbocycles. The molecule has 1 fully saturated rings. The van der Waals surface area contributed by atoms with Crippen molar-refractivity contribution in [3.63, 3.8) is 0 Å². The standard InChI is InChI=1S/C20H24Cl2N2O.C6H8O7/c1-25-12-4-11-24(14-17-5-2-3-10-23-17)15-20(8-9-20)18-7-6-16(21)13-19(18)22;7-3(8)1-6(13,5(11)12)2-4(9)10/h2-3,5-7,10,13H,4,8-9,11-12,14-15H2,1H3;13H,1-2H2,(H,7,8)(H,9,10)(H,11,12). The normalized spacial score (nSPS) is 13.9. The van der Waals surface area contributed by atoms with Gasteiger partial charge in [0.25, 0.3) is 0 Å². The van der Waals surface area contributed by atoms with Crippen molar-refractivity contribution in [2.75, 3.05) is 26.8 Å². The molecule has 12 heteroatoms. The van der Waals surface area contributed by atoms with Gasteiger partial charge in [0.15, 0.2) is 5.60 Å². The van der Waals surface area contributed by atoms with Crippen molar-refractivity contribution in [2.45, 2.75) is 49.7 Å². The Morgan fingerprint density at radius 2 is 1.74 bits per heavy atom. The molecule has 1 heterocycles. The van der Waals surface area contributed by atoms with Gasteiger partial charge in [-0.3, -0.25) is 19.5 Å². The summed E-state index contributed by atoms with van der Waals surface area (Å²) in [5.41, 5.74) is -0.282. The molecule has 0 atom stereocenters. The lowest BCUT2D eigenvalue weighted by atomic mass is 9.95. The molecule has 0 amide bonds. The Bertz CT molecular complexity index is 1080. The molecule has 4 N–H and O–H groups in total. The van der Waals surface area contributed by atoms with Crippen LogP contribution in [0.15, 0.2) is 42.6 Å². The van der Waals surface area contributed by atoms with E-state index >= 15 is 0 Å². The van der Waals surface area contributed by atoms with E-state index in [1.54, 1.807) is 7.11 Å². The Hall–Kier alpha value is -2.76. The molecule has 3 rings (SSSR count). The third kappa shape index (κ3) is 9.85. The van der Waals surface area contributed by atoms with Gasteiger partial charge in [-0.1, -0.05) is 35.3 Å². The SMILES string of the molecule is COCCCN(Cc1ccccn1)CC1(c2ccc(Cl)cc2Cl)CC1.O=C(O)CC(O)(CC(=O)O)C(=O)O. The van der Waals surface area contributed by atoms with Gasteiger partial charge < -0.3 is 25.2 Å². The van der Waals surface area contributed by atoms with Gasteiger partial charge in [0.1, 0.15) is 0 Å². The predicted octanol–water partition coefficient (Wildman–Crippen LogP) is 3.71. The van der Waals surface area contributed by atoms with Crippen LogP contribution in [0.4, 0.5) is 0 Å². The maximum Gasteiger partial charge on any atom is 0.336 e. The van der Waals surface area contributed by atoms with Gasteiger partial charge >= 0.3 is 17.9 Å². The summed E-state index contributed by atoms with van der Waals surface area (Å²) in [6.07, 6.45) is 2.90. The Morgan fingerprint density at radius 1 is 1.08 bits per heavy atom. The number of hydrogen-bond acceptors (Lipinski definition) is 7. The maximum absolute atomic E-state index is 10.3. The summed E-state index contributed by atoms with van der Waals surface area (Å²) in [4.78, 5) is 37.4. The van der Waals surface area contributed by atoms with Crippen LogP contribution < -0.4 is 0 Å². The van der Waals surface area contributed by atoms with Crippen molar-refractivity contribution in [3.8, 4) is 0 Å². The number of aliphatic hydroxyl groups is 1. The molecule has 0 aliphatic heterocycles. The first-order chi connectivity index (χ1) is 17.9. The number of halogens is 2. The van der Waals surface area contributed by atoms with Crippen molar-refractivity contribution in [1.82, 2.24) is 9.88 Å². The third-order valence-corrected chi connectivity index (χ3v) is 6.65. The van der Waals surface area contributed by atoms with E-state index < -0.39 is 36.4 Å². The number of nitrogens with zero attached hydrogens (tertiary/aromatic N) is 2. The Balaban J connectivity index is 0.000000332. The number of pyridine rings is 1. The van der Waals surface area contributed by atoms with Crippen molar-refractivity contribution in [1.29, 1.82) is 0 Å². The van der Waals surface area contributed by atoms with Gasteiger partial charge in [0.05, 0.1) is 18.5 Å². The Morgan fingerprint density at radius 3 is 2.21 bits per heavy atom. The minimum atomic E-state index is -2.74. The van der Waals surface area contributed by atoms with Gasteiger partial charge in [-0.05, 0) is 49.1 Å². The number of rotatable bonds is 14. The first kappa shape index (κ1) is 31.5. The monoisotopic (exact) mass is 570 g/mol. The number of carboxylic acids is 3. The molecule has 1 aromatic carbocycles. The Kier molecular flexibility index (Phi) is 11.9. The second-order valence-electron chi connectivity index (χ2n) is 9.26. The van der Waals surface area contributed by atoms with Crippen LogP contribution in [0.3, 0.4) is 0 Å². The van der Waals surface area contributed by atoms with Crippen LogP contribution >= 0.6 is 23.2 Å². The Labute approximate surface area is 230 Å². The van der Waals surface area contributed by atoms with Gasteiger partial charge in [-0.2, -0.15) is 0 Å². The number of benzene rings is 1. The zero-order valence-electron chi connectivity index (χ0n) is 21.0. The van der Waals surface area contributed by atoms with E-state index in [0.717, 1.165) is 56.2 Å². The molecular formula is C26H32Cl2N2O8. The number of hydrogen-bond donors (Lipinski definition) is 4. The second kappa shape index (κ2) is 14.4. The molecule has 38 heavy (non-hydrogen) atoms. The molecule has 0 unspecified atom stereocenters. The van der Waals surface area contributed by atoms with E-state index in [1.807, 2.05) is 30.5 Å². The summed E-state index contributed by atoms with van der Waals surface area (Å²) >= 11 is 12.6. The highest BCUT2D eigenvalue weighted by atomic mass is 35.5. The van der Waals surface area contributed by atoms with Gasteiger partial charge in [0, 0.05) is 55.0 Å². The predicted molar refractivity (Wildman–Crippen MR) is 140 cm³/mol. The molecule has 1 saturated carbocycles. The van der Waals surface area contributed by atoms with E-state index in [-0.39, 0.29) is 5.41 Å². The number of carboxylic acid groups (broad SMARTS) is 3. The van der Waals surface area contributed by atoms with Crippen LogP contribution in [0, 0.1) is 0 Å². The summed E-state index contributed by atoms with van der Waals surface area (Å²) in [6.45, 7) is 3.58. The van der Waals surface area contributed by atoms with Crippen molar-refractivity contribution >= 4 is 41.1 Å². The minimum Gasteiger partial charge on any atom is -0.481 e. The van der Waals surface area contributed by atoms with Crippen LogP contribution in [0.1, 0.15) is 43.4 Å². The number of ether oxygens (including phenoxy) is 1. The highest BCUT2D eigenvalue weighted by molar-refractivity contribution is 6.35. The van der Waals surface area contributed by atoms with E-state index in [2.05, 4.69) is 22.0 Å². The van der Waals surface area contributed by atoms with Gasteiger partial charge in [0.2, 0.25) is 0 Å². The van der Waals surface area contributed by atoms with Crippen LogP contribution in [0.25, 0.3) is 0 Å². The molecule has 1 aliphatic rings. The first-order valence-corrected chi connectivity index (χ1v) is 12.6. The van der Waals surface area contributed by atoms with Crippen LogP contribution in [-0.4, -0.2) is 80.6 Å². The summed E-state index contributed by atoms with van der Waals surface area (Å²) in [6, 6.07) is 12.0. The molecule has 1 aromatic heterocycles. The fourth-order valence-electron chi connectivity index (χ4n) is 4.09. The summed E-state index contributed by atoms with van der Waals surface area (Å²) in [7, 11) is 1.75. The number of methoxy groups -OCH3 is 1. The molecule has 208 valence electrons. The van der Waals surface area contributed by atoms with Gasteiger partial charge in [-0.15, -0.1) is 0 Å². The molecule has 0 saturated heterocycles. The molecule has 10 nitrogen and oxygen atoms in total. The molecule has 0 radical (unpaired) electrons. The average Bonchev–Trinajstić information content (AvgIpc) is 3.59. The fourth-order valence-corrected chi connectivity index (χ4v) is 4.70. The van der Waals surface area contributed by atoms with E-state index in [4.69, 9.17) is 48.4 Å². The number of aliphatic carboxylic acids is 3. The highest BCUT2D eigenvalue weighted by Gasteiger charge is 2.46. The maximum atomic E-state index is 10.3. The summed E-state index contributed by atoms with van der Waals surface area (Å²) in [5.74, 6) is -5.02. The zero-order valence-corrected chi connectivity index (χ0v) is 22.5. The molecule has 0 bridgehead atoms. The van der Waals surface area contributed by atoms with Crippen LogP contribution in [-0.2, 0) is 31.1 Å². The summed E-state index contributed by atoms with van der Waals surface area (Å²) in [5, 5.41) is 35.3. The number of carbonyl (C=O) groups is 3. The zero-order chi connectivity index (χ0) is 28.3. The third-order valence-electron chi connectivity index (χ3n) is 6.10. The van der Waals surface area contributed by atoms with E-state index in [1.165, 1.54) is 5.56 Å². The second-order valence-corrected chi connectivity index (χ2v) is 10.1.